The van der Waals surface area contributed by atoms with Crippen molar-refractivity contribution in [3.8, 4) is 0 Å². The number of hydrogen-bond donors (Lipinski definition) is 1. The van der Waals surface area contributed by atoms with Gasteiger partial charge in [0.15, 0.2) is 0 Å². The highest BCUT2D eigenvalue weighted by atomic mass is 79.9. The molecule has 0 amide bonds. The van der Waals surface area contributed by atoms with Crippen molar-refractivity contribution in [3.05, 3.63) is 55.1 Å². The Hall–Kier alpha value is -0.160. The molecule has 0 aliphatic rings. The Kier molecular flexibility index (Phi) is 3.61. The predicted octanol–water partition coefficient (Wildman–Crippen LogP) is 4.32. The van der Waals surface area contributed by atoms with Gasteiger partial charge in [-0.3, -0.25) is 0 Å². The van der Waals surface area contributed by atoms with Crippen LogP contribution in [0.2, 0.25) is 0 Å². The molecule has 0 saturated carbocycles. The number of thiophene rings is 1. The average molecular weight is 347 g/mol. The van der Waals surface area contributed by atoms with E-state index in [1.165, 1.54) is 0 Å². The van der Waals surface area contributed by atoms with Gasteiger partial charge in [-0.1, -0.05) is 31.9 Å². The van der Waals surface area contributed by atoms with Crippen LogP contribution >= 0.6 is 43.2 Å². The summed E-state index contributed by atoms with van der Waals surface area (Å²) in [5.41, 5.74) is 8.43. The molecule has 0 spiro atoms. The Labute approximate surface area is 110 Å². The SMILES string of the molecule is N[C@@H](c1ccsc1)c1cc(Br)cc(Br)c1. The van der Waals surface area contributed by atoms with Gasteiger partial charge < -0.3 is 5.73 Å². The van der Waals surface area contributed by atoms with E-state index in [4.69, 9.17) is 5.73 Å². The van der Waals surface area contributed by atoms with E-state index in [-0.39, 0.29) is 6.04 Å². The molecule has 2 rings (SSSR count). The minimum atomic E-state index is -0.0509. The molecule has 1 nitrogen and oxygen atoms in total. The number of nitrogens with two attached hydrogens (primary N) is 1. The quantitative estimate of drug-likeness (QED) is 0.860. The molecule has 1 atom stereocenters. The fourth-order valence-electron chi connectivity index (χ4n) is 1.40. The van der Waals surface area contributed by atoms with Crippen LogP contribution in [0.1, 0.15) is 17.2 Å². The van der Waals surface area contributed by atoms with E-state index in [9.17, 15) is 0 Å². The largest absolute Gasteiger partial charge is 0.320 e. The summed E-state index contributed by atoms with van der Waals surface area (Å²) in [6.07, 6.45) is 0. The van der Waals surface area contributed by atoms with Crippen LogP contribution in [0.4, 0.5) is 0 Å². The van der Waals surface area contributed by atoms with Gasteiger partial charge in [0.1, 0.15) is 0 Å². The first-order valence-electron chi connectivity index (χ1n) is 4.40. The molecule has 1 heterocycles. The monoisotopic (exact) mass is 345 g/mol. The van der Waals surface area contributed by atoms with Gasteiger partial charge in [-0.15, -0.1) is 0 Å². The van der Waals surface area contributed by atoms with E-state index < -0.39 is 0 Å². The van der Waals surface area contributed by atoms with Crippen molar-refractivity contribution in [1.29, 1.82) is 0 Å². The molecule has 78 valence electrons. The summed E-state index contributed by atoms with van der Waals surface area (Å²) in [7, 11) is 0. The fourth-order valence-corrected chi connectivity index (χ4v) is 3.42. The summed E-state index contributed by atoms with van der Waals surface area (Å²) in [5, 5.41) is 4.13. The summed E-state index contributed by atoms with van der Waals surface area (Å²) in [5.74, 6) is 0. The zero-order valence-electron chi connectivity index (χ0n) is 7.78. The lowest BCUT2D eigenvalue weighted by molar-refractivity contribution is 0.875. The molecular weight excluding hydrogens is 338 g/mol. The van der Waals surface area contributed by atoms with Crippen LogP contribution in [-0.2, 0) is 0 Å². The minimum absolute atomic E-state index is 0.0509. The molecular formula is C11H9Br2NS. The highest BCUT2D eigenvalue weighted by molar-refractivity contribution is 9.11. The van der Waals surface area contributed by atoms with Crippen molar-refractivity contribution < 1.29 is 0 Å². The van der Waals surface area contributed by atoms with E-state index >= 15 is 0 Å². The van der Waals surface area contributed by atoms with Crippen molar-refractivity contribution in [1.82, 2.24) is 0 Å². The molecule has 0 aliphatic carbocycles. The molecule has 2 aromatic rings. The molecule has 0 bridgehead atoms. The fraction of sp³-hybridized carbons (Fsp3) is 0.0909. The van der Waals surface area contributed by atoms with Gasteiger partial charge in [0.25, 0.3) is 0 Å². The summed E-state index contributed by atoms with van der Waals surface area (Å²) >= 11 is 8.59. The molecule has 0 fully saturated rings. The first-order chi connectivity index (χ1) is 7.16. The van der Waals surface area contributed by atoms with Gasteiger partial charge in [0.2, 0.25) is 0 Å². The van der Waals surface area contributed by atoms with E-state index in [0.717, 1.165) is 20.1 Å². The summed E-state index contributed by atoms with van der Waals surface area (Å²) in [6.45, 7) is 0. The van der Waals surface area contributed by atoms with Gasteiger partial charge in [-0.05, 0) is 46.2 Å². The van der Waals surface area contributed by atoms with E-state index in [2.05, 4.69) is 43.3 Å². The summed E-state index contributed by atoms with van der Waals surface area (Å²) < 4.78 is 2.08. The van der Waals surface area contributed by atoms with E-state index in [1.807, 2.05) is 23.6 Å². The third kappa shape index (κ3) is 2.69. The maximum absolute atomic E-state index is 6.16. The van der Waals surface area contributed by atoms with Crippen LogP contribution in [0.25, 0.3) is 0 Å². The van der Waals surface area contributed by atoms with Crippen molar-refractivity contribution in [2.75, 3.05) is 0 Å². The van der Waals surface area contributed by atoms with Gasteiger partial charge in [-0.25, -0.2) is 0 Å². The number of hydrogen-bond acceptors (Lipinski definition) is 2. The molecule has 1 aromatic heterocycles. The first kappa shape index (κ1) is 11.3. The van der Waals surface area contributed by atoms with Gasteiger partial charge in [0.05, 0.1) is 6.04 Å². The third-order valence-corrected chi connectivity index (χ3v) is 3.76. The lowest BCUT2D eigenvalue weighted by Crippen LogP contribution is -2.10. The molecule has 0 saturated heterocycles. The second-order valence-corrected chi connectivity index (χ2v) is 5.85. The molecule has 2 N–H and O–H groups in total. The zero-order valence-corrected chi connectivity index (χ0v) is 11.8. The highest BCUT2D eigenvalue weighted by Crippen LogP contribution is 2.27. The average Bonchev–Trinajstić information content (AvgIpc) is 2.67. The van der Waals surface area contributed by atoms with Gasteiger partial charge in [-0.2, -0.15) is 11.3 Å². The topological polar surface area (TPSA) is 26.0 Å². The Bertz CT molecular complexity index is 433. The Morgan fingerprint density at radius 3 is 2.27 bits per heavy atom. The molecule has 0 unspecified atom stereocenters. The first-order valence-corrected chi connectivity index (χ1v) is 6.93. The highest BCUT2D eigenvalue weighted by Gasteiger charge is 2.10. The lowest BCUT2D eigenvalue weighted by atomic mass is 10.0. The van der Waals surface area contributed by atoms with Crippen molar-refractivity contribution in [3.63, 3.8) is 0 Å². The van der Waals surface area contributed by atoms with Crippen LogP contribution < -0.4 is 5.73 Å². The smallest absolute Gasteiger partial charge is 0.0560 e. The number of halogens is 2. The summed E-state index contributed by atoms with van der Waals surface area (Å²) in [4.78, 5) is 0. The maximum Gasteiger partial charge on any atom is 0.0560 e. The molecule has 1 aromatic carbocycles. The lowest BCUT2D eigenvalue weighted by Gasteiger charge is -2.11. The van der Waals surface area contributed by atoms with Gasteiger partial charge in [0, 0.05) is 8.95 Å². The molecule has 0 radical (unpaired) electrons. The summed E-state index contributed by atoms with van der Waals surface area (Å²) in [6, 6.07) is 8.11. The normalized spacial score (nSPS) is 12.7. The van der Waals surface area contributed by atoms with Crippen molar-refractivity contribution in [2.45, 2.75) is 6.04 Å². The third-order valence-electron chi connectivity index (χ3n) is 2.15. The van der Waals surface area contributed by atoms with Crippen molar-refractivity contribution in [2.24, 2.45) is 5.73 Å². The Balaban J connectivity index is 2.37. The molecule has 15 heavy (non-hydrogen) atoms. The van der Waals surface area contributed by atoms with Crippen LogP contribution in [0, 0.1) is 0 Å². The van der Waals surface area contributed by atoms with Crippen molar-refractivity contribution >= 4 is 43.2 Å². The number of rotatable bonds is 2. The molecule has 0 aliphatic heterocycles. The Morgan fingerprint density at radius 1 is 1.07 bits per heavy atom. The maximum atomic E-state index is 6.16. The Morgan fingerprint density at radius 2 is 1.73 bits per heavy atom. The second kappa shape index (κ2) is 4.78. The van der Waals surface area contributed by atoms with Gasteiger partial charge >= 0.3 is 0 Å². The van der Waals surface area contributed by atoms with E-state index in [1.54, 1.807) is 11.3 Å². The van der Waals surface area contributed by atoms with Crippen LogP contribution in [0.5, 0.6) is 0 Å². The standard InChI is InChI=1S/C11H9Br2NS/c12-9-3-8(4-10(13)5-9)11(14)7-1-2-15-6-7/h1-6,11H,14H2/t11-/m0/s1. The van der Waals surface area contributed by atoms with Crippen LogP contribution in [-0.4, -0.2) is 0 Å². The minimum Gasteiger partial charge on any atom is -0.320 e. The zero-order chi connectivity index (χ0) is 10.8. The molecule has 4 heteroatoms. The second-order valence-electron chi connectivity index (χ2n) is 3.24. The predicted molar refractivity (Wildman–Crippen MR) is 72.2 cm³/mol. The van der Waals surface area contributed by atoms with Crippen LogP contribution in [0.3, 0.4) is 0 Å². The number of benzene rings is 1. The van der Waals surface area contributed by atoms with Crippen LogP contribution in [0.15, 0.2) is 44.0 Å². The van der Waals surface area contributed by atoms with E-state index in [0.29, 0.717) is 0 Å².